The van der Waals surface area contributed by atoms with E-state index < -0.39 is 11.8 Å². The van der Waals surface area contributed by atoms with Crippen LogP contribution in [0.15, 0.2) is 42.9 Å². The van der Waals surface area contributed by atoms with Crippen LogP contribution >= 0.6 is 0 Å². The molecule has 0 unspecified atom stereocenters. The number of aryl methyl sites for hydroxylation is 3. The lowest BCUT2D eigenvalue weighted by molar-refractivity contribution is 0.0600. The van der Waals surface area contributed by atoms with Crippen LogP contribution in [0.5, 0.6) is 5.75 Å². The lowest BCUT2D eigenvalue weighted by Gasteiger charge is -2.10. The largest absolute Gasteiger partial charge is 0.494 e. The summed E-state index contributed by atoms with van der Waals surface area (Å²) in [5.41, 5.74) is 3.17. The molecule has 8 heteroatoms. The summed E-state index contributed by atoms with van der Waals surface area (Å²) in [7, 11) is 2.63. The summed E-state index contributed by atoms with van der Waals surface area (Å²) in [5.74, 6) is -0.576. The molecule has 2 heterocycles. The number of rotatable bonds is 7. The van der Waals surface area contributed by atoms with Crippen molar-refractivity contribution in [3.8, 4) is 5.75 Å². The first kappa shape index (κ1) is 20.2. The van der Waals surface area contributed by atoms with Crippen LogP contribution in [0.2, 0.25) is 0 Å². The highest BCUT2D eigenvalue weighted by atomic mass is 19.1. The molecule has 29 heavy (non-hydrogen) atoms. The molecule has 2 aromatic heterocycles. The van der Waals surface area contributed by atoms with E-state index in [-0.39, 0.29) is 11.3 Å². The van der Waals surface area contributed by atoms with E-state index in [1.165, 1.54) is 26.4 Å². The first-order chi connectivity index (χ1) is 14.0. The normalized spacial score (nSPS) is 10.5. The molecule has 0 radical (unpaired) electrons. The standard InChI is InChI=1S/C21H21FN4O3/c1-13-8-17(6-7-23-13)26-21-24-11-14(12-25-21)4-5-15-9-16(20(27)29-3)10-18(28-2)19(15)22/h6-12H,4-5H2,1-3H3,(H,23,24,25,26). The average Bonchev–Trinajstić information content (AvgIpc) is 2.73. The molecule has 0 aliphatic heterocycles. The Bertz CT molecular complexity index is 1010. The van der Waals surface area contributed by atoms with Crippen molar-refractivity contribution in [2.24, 2.45) is 0 Å². The van der Waals surface area contributed by atoms with E-state index in [4.69, 9.17) is 9.47 Å². The van der Waals surface area contributed by atoms with Gasteiger partial charge in [-0.3, -0.25) is 4.98 Å². The van der Waals surface area contributed by atoms with Crippen molar-refractivity contribution in [3.63, 3.8) is 0 Å². The maximum Gasteiger partial charge on any atom is 0.337 e. The predicted octanol–water partition coefficient (Wildman–Crippen LogP) is 3.64. The highest BCUT2D eigenvalue weighted by molar-refractivity contribution is 5.90. The molecule has 0 saturated heterocycles. The van der Waals surface area contributed by atoms with Gasteiger partial charge in [0.2, 0.25) is 5.95 Å². The van der Waals surface area contributed by atoms with Crippen LogP contribution in [0.3, 0.4) is 0 Å². The lowest BCUT2D eigenvalue weighted by atomic mass is 10.0. The number of carbonyl (C=O) groups excluding carboxylic acids is 1. The topological polar surface area (TPSA) is 86.2 Å². The molecule has 0 fully saturated rings. The summed E-state index contributed by atoms with van der Waals surface area (Å²) in [6, 6.07) is 6.53. The minimum atomic E-state index is -0.547. The monoisotopic (exact) mass is 396 g/mol. The fourth-order valence-corrected chi connectivity index (χ4v) is 2.80. The molecule has 0 spiro atoms. The summed E-state index contributed by atoms with van der Waals surface area (Å²) in [6.45, 7) is 1.90. The fourth-order valence-electron chi connectivity index (χ4n) is 2.80. The Morgan fingerprint density at radius 3 is 2.52 bits per heavy atom. The van der Waals surface area contributed by atoms with Gasteiger partial charge in [-0.25, -0.2) is 19.2 Å². The highest BCUT2D eigenvalue weighted by Crippen LogP contribution is 2.25. The fraction of sp³-hybridized carbons (Fsp3) is 0.238. The zero-order valence-electron chi connectivity index (χ0n) is 16.4. The summed E-state index contributed by atoms with van der Waals surface area (Å²) in [5, 5.41) is 3.11. The number of hydrogen-bond donors (Lipinski definition) is 1. The van der Waals surface area contributed by atoms with E-state index in [0.29, 0.717) is 24.4 Å². The van der Waals surface area contributed by atoms with Crippen LogP contribution in [-0.2, 0) is 17.6 Å². The molecule has 0 atom stereocenters. The molecule has 0 aliphatic carbocycles. The van der Waals surface area contributed by atoms with Crippen LogP contribution in [0.4, 0.5) is 16.0 Å². The lowest BCUT2D eigenvalue weighted by Crippen LogP contribution is -2.06. The van der Waals surface area contributed by atoms with Crippen LogP contribution in [0.1, 0.15) is 27.2 Å². The summed E-state index contributed by atoms with van der Waals surface area (Å²) >= 11 is 0. The van der Waals surface area contributed by atoms with Gasteiger partial charge < -0.3 is 14.8 Å². The summed E-state index contributed by atoms with van der Waals surface area (Å²) in [6.07, 6.45) is 5.93. The van der Waals surface area contributed by atoms with E-state index >= 15 is 0 Å². The molecule has 0 amide bonds. The van der Waals surface area contributed by atoms with Crippen LogP contribution < -0.4 is 10.1 Å². The number of ether oxygens (including phenoxy) is 2. The van der Waals surface area contributed by atoms with Gasteiger partial charge >= 0.3 is 5.97 Å². The Balaban J connectivity index is 1.70. The Labute approximate surface area is 167 Å². The van der Waals surface area contributed by atoms with E-state index in [0.717, 1.165) is 16.9 Å². The Hall–Kier alpha value is -3.55. The third-order valence-corrected chi connectivity index (χ3v) is 4.30. The van der Waals surface area contributed by atoms with Gasteiger partial charge in [0.25, 0.3) is 0 Å². The van der Waals surface area contributed by atoms with E-state index in [2.05, 4.69) is 20.3 Å². The molecule has 0 bridgehead atoms. The van der Waals surface area contributed by atoms with Gasteiger partial charge in [0.15, 0.2) is 11.6 Å². The maximum atomic E-state index is 14.5. The maximum absolute atomic E-state index is 14.5. The number of anilines is 2. The van der Waals surface area contributed by atoms with E-state index in [9.17, 15) is 9.18 Å². The van der Waals surface area contributed by atoms with Gasteiger partial charge in [-0.05, 0) is 55.2 Å². The number of hydrogen-bond acceptors (Lipinski definition) is 7. The van der Waals surface area contributed by atoms with Crippen LogP contribution in [0.25, 0.3) is 0 Å². The number of nitrogens with zero attached hydrogens (tertiary/aromatic N) is 3. The molecule has 1 N–H and O–H groups in total. The first-order valence-electron chi connectivity index (χ1n) is 8.95. The van der Waals surface area contributed by atoms with Gasteiger partial charge in [-0.15, -0.1) is 0 Å². The highest BCUT2D eigenvalue weighted by Gasteiger charge is 2.16. The van der Waals surface area contributed by atoms with E-state index in [1.807, 2.05) is 19.1 Å². The third-order valence-electron chi connectivity index (χ3n) is 4.30. The van der Waals surface area contributed by atoms with Crippen molar-refractivity contribution < 1.29 is 18.7 Å². The quantitative estimate of drug-likeness (QED) is 0.610. The minimum absolute atomic E-state index is 0.00587. The number of nitrogens with one attached hydrogen (secondary N) is 1. The molecular weight excluding hydrogens is 375 g/mol. The van der Waals surface area contributed by atoms with Crippen molar-refractivity contribution in [2.75, 3.05) is 19.5 Å². The molecule has 0 aliphatic rings. The summed E-state index contributed by atoms with van der Waals surface area (Å²) < 4.78 is 24.3. The number of aromatic nitrogens is 3. The number of carbonyl (C=O) groups is 1. The van der Waals surface area contributed by atoms with Gasteiger partial charge in [0, 0.05) is 30.0 Å². The molecule has 150 valence electrons. The number of pyridine rings is 1. The minimum Gasteiger partial charge on any atom is -0.494 e. The molecule has 3 rings (SSSR count). The zero-order valence-corrected chi connectivity index (χ0v) is 16.4. The first-order valence-corrected chi connectivity index (χ1v) is 8.95. The summed E-state index contributed by atoms with van der Waals surface area (Å²) in [4.78, 5) is 24.5. The third kappa shape index (κ3) is 5.04. The van der Waals surface area contributed by atoms with Crippen LogP contribution in [0, 0.1) is 12.7 Å². The molecule has 1 aromatic carbocycles. The van der Waals surface area contributed by atoms with Crippen molar-refractivity contribution in [1.82, 2.24) is 15.0 Å². The van der Waals surface area contributed by atoms with Gasteiger partial charge in [-0.2, -0.15) is 0 Å². The van der Waals surface area contributed by atoms with E-state index in [1.54, 1.807) is 18.6 Å². The second-order valence-corrected chi connectivity index (χ2v) is 6.37. The zero-order chi connectivity index (χ0) is 20.8. The molecule has 0 saturated carbocycles. The van der Waals surface area contributed by atoms with Crippen LogP contribution in [-0.4, -0.2) is 35.1 Å². The predicted molar refractivity (Wildman–Crippen MR) is 106 cm³/mol. The molecule has 7 nitrogen and oxygen atoms in total. The van der Waals surface area contributed by atoms with Gasteiger partial charge in [0.1, 0.15) is 0 Å². The van der Waals surface area contributed by atoms with Gasteiger partial charge in [0.05, 0.1) is 19.8 Å². The Morgan fingerprint density at radius 2 is 1.86 bits per heavy atom. The van der Waals surface area contributed by atoms with Crippen molar-refractivity contribution in [1.29, 1.82) is 0 Å². The van der Waals surface area contributed by atoms with Crippen molar-refractivity contribution >= 4 is 17.6 Å². The molecular formula is C21H21FN4O3. The number of methoxy groups -OCH3 is 2. The molecule has 3 aromatic rings. The Morgan fingerprint density at radius 1 is 1.10 bits per heavy atom. The Kier molecular flexibility index (Phi) is 6.33. The van der Waals surface area contributed by atoms with Crippen molar-refractivity contribution in [3.05, 3.63) is 71.1 Å². The number of esters is 1. The SMILES string of the molecule is COC(=O)c1cc(CCc2cnc(Nc3ccnc(C)c3)nc2)c(F)c(OC)c1. The average molecular weight is 396 g/mol. The smallest absolute Gasteiger partial charge is 0.337 e. The number of halogens is 1. The second kappa shape index (κ2) is 9.09. The second-order valence-electron chi connectivity index (χ2n) is 6.37. The van der Waals surface area contributed by atoms with Crippen molar-refractivity contribution in [2.45, 2.75) is 19.8 Å². The van der Waals surface area contributed by atoms with Gasteiger partial charge in [-0.1, -0.05) is 0 Å². The number of benzene rings is 1.